The third-order valence-corrected chi connectivity index (χ3v) is 4.26. The van der Waals surface area contributed by atoms with Gasteiger partial charge in [0.05, 0.1) is 18.2 Å². The molecule has 0 bridgehead atoms. The number of oxazole rings is 1. The van der Waals surface area contributed by atoms with E-state index >= 15 is 0 Å². The number of hydrogen-bond acceptors (Lipinski definition) is 5. The fourth-order valence-corrected chi connectivity index (χ4v) is 2.97. The Hall–Kier alpha value is -2.91. The van der Waals surface area contributed by atoms with E-state index in [1.807, 2.05) is 53.2 Å². The van der Waals surface area contributed by atoms with Crippen LogP contribution < -0.4 is 4.90 Å². The van der Waals surface area contributed by atoms with Crippen molar-refractivity contribution in [2.45, 2.75) is 13.3 Å². The first-order valence-electron chi connectivity index (χ1n) is 7.40. The quantitative estimate of drug-likeness (QED) is 0.664. The maximum atomic E-state index is 12.6. The van der Waals surface area contributed by atoms with E-state index in [9.17, 15) is 4.79 Å². The number of amides is 1. The molecule has 0 saturated heterocycles. The summed E-state index contributed by atoms with van der Waals surface area (Å²) in [7, 11) is 0. The summed E-state index contributed by atoms with van der Waals surface area (Å²) < 4.78 is 5.67. The molecular weight excluding hydrogens is 322 g/mol. The van der Waals surface area contributed by atoms with E-state index in [4.69, 9.17) is 9.68 Å². The van der Waals surface area contributed by atoms with Gasteiger partial charge in [0, 0.05) is 16.6 Å². The van der Waals surface area contributed by atoms with Crippen LogP contribution in [0.5, 0.6) is 0 Å². The second kappa shape index (κ2) is 7.11. The first-order valence-corrected chi connectivity index (χ1v) is 8.34. The second-order valence-corrected chi connectivity index (χ2v) is 5.96. The molecule has 0 unspecified atom stereocenters. The van der Waals surface area contributed by atoms with Crippen molar-refractivity contribution >= 4 is 22.9 Å². The molecule has 1 aromatic carbocycles. The van der Waals surface area contributed by atoms with Crippen molar-refractivity contribution < 1.29 is 9.21 Å². The summed E-state index contributed by atoms with van der Waals surface area (Å²) in [5.74, 6) is 0.952. The first-order chi connectivity index (χ1) is 11.7. The molecule has 0 N–H and O–H groups in total. The molecule has 3 aromatic rings. The minimum atomic E-state index is -0.184. The highest BCUT2D eigenvalue weighted by molar-refractivity contribution is 7.08. The minimum Gasteiger partial charge on any atom is -0.441 e. The highest BCUT2D eigenvalue weighted by Crippen LogP contribution is 2.24. The molecule has 3 rings (SSSR count). The third-order valence-electron chi connectivity index (χ3n) is 3.58. The number of aromatic nitrogens is 1. The van der Waals surface area contributed by atoms with Gasteiger partial charge in [-0.2, -0.15) is 16.6 Å². The van der Waals surface area contributed by atoms with Crippen LogP contribution in [-0.2, 0) is 11.2 Å². The lowest BCUT2D eigenvalue weighted by atomic mass is 10.2. The van der Waals surface area contributed by atoms with Crippen LogP contribution in [0.3, 0.4) is 0 Å². The Balaban J connectivity index is 1.82. The van der Waals surface area contributed by atoms with Crippen molar-refractivity contribution in [2.75, 3.05) is 11.4 Å². The Morgan fingerprint density at radius 2 is 2.12 bits per heavy atom. The number of nitrogens with zero attached hydrogens (tertiary/aromatic N) is 3. The number of aryl methyl sites for hydroxylation is 1. The Bertz CT molecular complexity index is 864. The van der Waals surface area contributed by atoms with E-state index in [0.29, 0.717) is 23.0 Å². The summed E-state index contributed by atoms with van der Waals surface area (Å²) in [5, 5.41) is 12.9. The van der Waals surface area contributed by atoms with E-state index < -0.39 is 0 Å². The number of carbonyl (C=O) groups is 1. The molecule has 0 radical (unpaired) electrons. The van der Waals surface area contributed by atoms with Crippen LogP contribution in [-0.4, -0.2) is 17.4 Å². The number of rotatable bonds is 5. The highest BCUT2D eigenvalue weighted by Gasteiger charge is 2.20. The zero-order valence-electron chi connectivity index (χ0n) is 13.1. The normalized spacial score (nSPS) is 10.3. The molecule has 6 heteroatoms. The molecule has 0 spiro atoms. The predicted octanol–water partition coefficient (Wildman–Crippen LogP) is 3.81. The summed E-state index contributed by atoms with van der Waals surface area (Å²) in [4.78, 5) is 18.5. The topological polar surface area (TPSA) is 70.1 Å². The smallest absolute Gasteiger partial charge is 0.234 e. The standard InChI is InChI=1S/C18H15N3O2S/c1-13-16(20-18(23-13)14-7-10-24-12-14)11-17(22)21(9-8-19)15-5-3-2-4-6-15/h2-7,10,12H,9,11H2,1H3. The summed E-state index contributed by atoms with van der Waals surface area (Å²) in [6.45, 7) is 1.79. The fourth-order valence-electron chi connectivity index (χ4n) is 2.34. The summed E-state index contributed by atoms with van der Waals surface area (Å²) in [6, 6.07) is 13.1. The van der Waals surface area contributed by atoms with E-state index in [-0.39, 0.29) is 18.9 Å². The van der Waals surface area contributed by atoms with Gasteiger partial charge in [0.1, 0.15) is 12.3 Å². The average Bonchev–Trinajstić information content (AvgIpc) is 3.24. The lowest BCUT2D eigenvalue weighted by Gasteiger charge is -2.19. The van der Waals surface area contributed by atoms with E-state index in [1.54, 1.807) is 18.3 Å². The Kier molecular flexibility index (Phi) is 4.73. The van der Waals surface area contributed by atoms with Crippen LogP contribution >= 0.6 is 11.3 Å². The van der Waals surface area contributed by atoms with Gasteiger partial charge in [0.25, 0.3) is 0 Å². The van der Waals surface area contributed by atoms with Crippen LogP contribution in [0.1, 0.15) is 11.5 Å². The van der Waals surface area contributed by atoms with E-state index in [0.717, 1.165) is 5.56 Å². The Morgan fingerprint density at radius 1 is 1.33 bits per heavy atom. The average molecular weight is 337 g/mol. The Labute approximate surface area is 143 Å². The van der Waals surface area contributed by atoms with Gasteiger partial charge in [-0.25, -0.2) is 4.98 Å². The third kappa shape index (κ3) is 3.36. The van der Waals surface area contributed by atoms with Crippen molar-refractivity contribution in [3.05, 3.63) is 58.6 Å². The molecule has 0 saturated carbocycles. The number of hydrogen-bond donors (Lipinski definition) is 0. The molecule has 2 aromatic heterocycles. The second-order valence-electron chi connectivity index (χ2n) is 5.18. The number of thiophene rings is 1. The minimum absolute atomic E-state index is 0.00284. The summed E-state index contributed by atoms with van der Waals surface area (Å²) in [6.07, 6.45) is 0.0933. The molecule has 0 fully saturated rings. The number of para-hydroxylation sites is 1. The summed E-state index contributed by atoms with van der Waals surface area (Å²) in [5.41, 5.74) is 2.20. The SMILES string of the molecule is Cc1oc(-c2ccsc2)nc1CC(=O)N(CC#N)c1ccccc1. The molecule has 0 aliphatic rings. The maximum absolute atomic E-state index is 12.6. The highest BCUT2D eigenvalue weighted by atomic mass is 32.1. The molecule has 5 nitrogen and oxygen atoms in total. The van der Waals surface area contributed by atoms with Gasteiger partial charge in [-0.05, 0) is 30.5 Å². The predicted molar refractivity (Wildman–Crippen MR) is 92.7 cm³/mol. The van der Waals surface area contributed by atoms with Crippen molar-refractivity contribution in [2.24, 2.45) is 0 Å². The molecular formula is C18H15N3O2S. The molecule has 0 aliphatic carbocycles. The largest absolute Gasteiger partial charge is 0.441 e. The van der Waals surface area contributed by atoms with Crippen LogP contribution in [0.4, 0.5) is 5.69 Å². The maximum Gasteiger partial charge on any atom is 0.234 e. The molecule has 0 aliphatic heterocycles. The molecule has 1 amide bonds. The molecule has 2 heterocycles. The summed E-state index contributed by atoms with van der Waals surface area (Å²) >= 11 is 1.56. The van der Waals surface area contributed by atoms with Crippen LogP contribution in [0.25, 0.3) is 11.5 Å². The number of anilines is 1. The first kappa shape index (κ1) is 16.0. The van der Waals surface area contributed by atoms with Gasteiger partial charge in [0.2, 0.25) is 11.8 Å². The van der Waals surface area contributed by atoms with Crippen molar-refractivity contribution in [1.82, 2.24) is 4.98 Å². The van der Waals surface area contributed by atoms with Crippen LogP contribution in [0.2, 0.25) is 0 Å². The zero-order valence-corrected chi connectivity index (χ0v) is 13.9. The Morgan fingerprint density at radius 3 is 2.79 bits per heavy atom. The van der Waals surface area contributed by atoms with E-state index in [2.05, 4.69) is 4.98 Å². The molecule has 24 heavy (non-hydrogen) atoms. The monoisotopic (exact) mass is 337 g/mol. The van der Waals surface area contributed by atoms with Gasteiger partial charge in [-0.1, -0.05) is 18.2 Å². The van der Waals surface area contributed by atoms with Gasteiger partial charge in [0.15, 0.2) is 0 Å². The number of benzene rings is 1. The van der Waals surface area contributed by atoms with Gasteiger partial charge < -0.3 is 4.42 Å². The van der Waals surface area contributed by atoms with Gasteiger partial charge >= 0.3 is 0 Å². The van der Waals surface area contributed by atoms with Crippen LogP contribution in [0, 0.1) is 18.3 Å². The van der Waals surface area contributed by atoms with Crippen molar-refractivity contribution in [3.8, 4) is 17.5 Å². The molecule has 120 valence electrons. The molecule has 0 atom stereocenters. The zero-order chi connectivity index (χ0) is 16.9. The van der Waals surface area contributed by atoms with Crippen LogP contribution in [0.15, 0.2) is 51.6 Å². The van der Waals surface area contributed by atoms with E-state index in [1.165, 1.54) is 4.90 Å². The lowest BCUT2D eigenvalue weighted by Crippen LogP contribution is -2.32. The van der Waals surface area contributed by atoms with Gasteiger partial charge in [-0.15, -0.1) is 0 Å². The van der Waals surface area contributed by atoms with Crippen molar-refractivity contribution in [1.29, 1.82) is 5.26 Å². The lowest BCUT2D eigenvalue weighted by molar-refractivity contribution is -0.117. The fraction of sp³-hybridized carbons (Fsp3) is 0.167. The van der Waals surface area contributed by atoms with Crippen molar-refractivity contribution in [3.63, 3.8) is 0 Å². The number of nitriles is 1. The van der Waals surface area contributed by atoms with Gasteiger partial charge in [-0.3, -0.25) is 9.69 Å². The number of carbonyl (C=O) groups excluding carboxylic acids is 1.